The molecule has 0 radical (unpaired) electrons. The molecule has 2 atom stereocenters. The Balaban J connectivity index is 0.00000320. The van der Waals surface area contributed by atoms with Crippen molar-refractivity contribution in [3.63, 3.8) is 0 Å². The summed E-state index contributed by atoms with van der Waals surface area (Å²) in [7, 11) is 1.58. The molecule has 162 valence electrons. The van der Waals surface area contributed by atoms with Crippen LogP contribution in [0.3, 0.4) is 0 Å². The van der Waals surface area contributed by atoms with Crippen LogP contribution in [0.5, 0.6) is 5.75 Å². The molecule has 1 aliphatic rings. The van der Waals surface area contributed by atoms with Crippen molar-refractivity contribution in [3.8, 4) is 5.75 Å². The maximum atomic E-state index is 12.9. The number of carbonyl (C=O) groups excluding carboxylic acids is 2. The number of nitrogens with one attached hydrogen (secondary N) is 3. The van der Waals surface area contributed by atoms with Gasteiger partial charge in [-0.05, 0) is 68.1 Å². The Labute approximate surface area is 184 Å². The van der Waals surface area contributed by atoms with E-state index in [0.29, 0.717) is 23.8 Å². The van der Waals surface area contributed by atoms with Gasteiger partial charge in [0.15, 0.2) is 0 Å². The number of hydrogen-bond donors (Lipinski definition) is 3. The standard InChI is InChI=1S/C23H29N3O3.ClH/c1-29-20-11-9-19(10-12-20)22(27)26-21(18-7-3-2-4-8-18)23(28)25-15-13-17-6-5-14-24-16-17;/h2-4,7-12,17,21,24H,5-6,13-16H2,1H3,(H,25,28)(H,26,27);1H. The molecule has 0 bridgehead atoms. The van der Waals surface area contributed by atoms with Crippen LogP contribution in [0.15, 0.2) is 54.6 Å². The fourth-order valence-corrected chi connectivity index (χ4v) is 3.57. The molecular weight excluding hydrogens is 402 g/mol. The summed E-state index contributed by atoms with van der Waals surface area (Å²) < 4.78 is 5.13. The van der Waals surface area contributed by atoms with Gasteiger partial charge in [-0.25, -0.2) is 0 Å². The summed E-state index contributed by atoms with van der Waals surface area (Å²) in [5, 5.41) is 9.27. The van der Waals surface area contributed by atoms with E-state index < -0.39 is 6.04 Å². The minimum absolute atomic E-state index is 0. The molecule has 1 heterocycles. The maximum Gasteiger partial charge on any atom is 0.252 e. The van der Waals surface area contributed by atoms with E-state index in [1.54, 1.807) is 31.4 Å². The number of benzene rings is 2. The van der Waals surface area contributed by atoms with Gasteiger partial charge in [0.05, 0.1) is 7.11 Å². The summed E-state index contributed by atoms with van der Waals surface area (Å²) in [4.78, 5) is 25.6. The van der Waals surface area contributed by atoms with Crippen LogP contribution in [-0.2, 0) is 4.79 Å². The van der Waals surface area contributed by atoms with Crippen molar-refractivity contribution in [1.82, 2.24) is 16.0 Å². The number of halogens is 1. The third-order valence-corrected chi connectivity index (χ3v) is 5.27. The quantitative estimate of drug-likeness (QED) is 0.600. The van der Waals surface area contributed by atoms with E-state index in [4.69, 9.17) is 4.74 Å². The molecule has 2 aromatic rings. The first-order valence-corrected chi connectivity index (χ1v) is 10.2. The van der Waals surface area contributed by atoms with Crippen LogP contribution in [0.25, 0.3) is 0 Å². The summed E-state index contributed by atoms with van der Waals surface area (Å²) in [6.07, 6.45) is 3.31. The average Bonchev–Trinajstić information content (AvgIpc) is 2.78. The Hall–Kier alpha value is -2.57. The van der Waals surface area contributed by atoms with Gasteiger partial charge >= 0.3 is 0 Å². The van der Waals surface area contributed by atoms with E-state index in [0.717, 1.165) is 25.1 Å². The minimum Gasteiger partial charge on any atom is -0.497 e. The van der Waals surface area contributed by atoms with Gasteiger partial charge in [0.1, 0.15) is 11.8 Å². The first-order valence-electron chi connectivity index (χ1n) is 10.2. The zero-order valence-electron chi connectivity index (χ0n) is 17.2. The SMILES string of the molecule is COc1ccc(C(=O)NC(C(=O)NCCC2CCCNC2)c2ccccc2)cc1.Cl. The highest BCUT2D eigenvalue weighted by molar-refractivity contribution is 5.98. The fraction of sp³-hybridized carbons (Fsp3) is 0.391. The Morgan fingerprint density at radius 2 is 1.87 bits per heavy atom. The summed E-state index contributed by atoms with van der Waals surface area (Å²) in [6, 6.07) is 15.4. The van der Waals surface area contributed by atoms with Crippen molar-refractivity contribution >= 4 is 24.2 Å². The van der Waals surface area contributed by atoms with E-state index in [1.807, 2.05) is 30.3 Å². The van der Waals surface area contributed by atoms with Gasteiger partial charge in [-0.15, -0.1) is 12.4 Å². The van der Waals surface area contributed by atoms with Gasteiger partial charge in [-0.1, -0.05) is 30.3 Å². The van der Waals surface area contributed by atoms with Crippen LogP contribution in [0.2, 0.25) is 0 Å². The lowest BCUT2D eigenvalue weighted by atomic mass is 9.96. The third kappa shape index (κ3) is 6.75. The van der Waals surface area contributed by atoms with Crippen molar-refractivity contribution in [2.24, 2.45) is 5.92 Å². The number of hydrogen-bond acceptors (Lipinski definition) is 4. The van der Waals surface area contributed by atoms with E-state index in [9.17, 15) is 9.59 Å². The molecule has 2 amide bonds. The molecular formula is C23H30ClN3O3. The zero-order valence-corrected chi connectivity index (χ0v) is 18.0. The molecule has 0 aliphatic carbocycles. The molecule has 3 rings (SSSR count). The fourth-order valence-electron chi connectivity index (χ4n) is 3.57. The monoisotopic (exact) mass is 431 g/mol. The molecule has 6 nitrogen and oxygen atoms in total. The molecule has 1 fully saturated rings. The second-order valence-corrected chi connectivity index (χ2v) is 7.34. The van der Waals surface area contributed by atoms with Crippen LogP contribution in [-0.4, -0.2) is 38.6 Å². The number of amides is 2. The molecule has 1 aliphatic heterocycles. The number of piperidine rings is 1. The lowest BCUT2D eigenvalue weighted by molar-refractivity contribution is -0.123. The van der Waals surface area contributed by atoms with Gasteiger partial charge in [-0.2, -0.15) is 0 Å². The lowest BCUT2D eigenvalue weighted by Gasteiger charge is -2.23. The number of methoxy groups -OCH3 is 1. The maximum absolute atomic E-state index is 12.9. The van der Waals surface area contributed by atoms with Gasteiger partial charge in [0.2, 0.25) is 5.91 Å². The van der Waals surface area contributed by atoms with Crippen molar-refractivity contribution in [2.45, 2.75) is 25.3 Å². The Morgan fingerprint density at radius 3 is 2.50 bits per heavy atom. The van der Waals surface area contributed by atoms with Gasteiger partial charge < -0.3 is 20.7 Å². The Bertz CT molecular complexity index is 793. The largest absolute Gasteiger partial charge is 0.497 e. The summed E-state index contributed by atoms with van der Waals surface area (Å²) in [5.74, 6) is 0.777. The van der Waals surface area contributed by atoms with E-state index in [-0.39, 0.29) is 24.2 Å². The predicted molar refractivity (Wildman–Crippen MR) is 120 cm³/mol. The van der Waals surface area contributed by atoms with Crippen molar-refractivity contribution in [1.29, 1.82) is 0 Å². The molecule has 2 unspecified atom stereocenters. The molecule has 3 N–H and O–H groups in total. The average molecular weight is 432 g/mol. The van der Waals surface area contributed by atoms with Crippen molar-refractivity contribution in [2.75, 3.05) is 26.7 Å². The van der Waals surface area contributed by atoms with E-state index in [2.05, 4.69) is 16.0 Å². The molecule has 30 heavy (non-hydrogen) atoms. The molecule has 1 saturated heterocycles. The Morgan fingerprint density at radius 1 is 1.13 bits per heavy atom. The molecule has 0 spiro atoms. The zero-order chi connectivity index (χ0) is 20.5. The summed E-state index contributed by atoms with van der Waals surface area (Å²) in [6.45, 7) is 2.69. The number of rotatable bonds is 8. The first kappa shape index (κ1) is 23.7. The second-order valence-electron chi connectivity index (χ2n) is 7.34. The van der Waals surface area contributed by atoms with Crippen molar-refractivity contribution < 1.29 is 14.3 Å². The Kier molecular flexibility index (Phi) is 9.64. The smallest absolute Gasteiger partial charge is 0.252 e. The van der Waals surface area contributed by atoms with E-state index in [1.165, 1.54) is 12.8 Å². The highest BCUT2D eigenvalue weighted by atomic mass is 35.5. The van der Waals surface area contributed by atoms with Crippen LogP contribution >= 0.6 is 12.4 Å². The van der Waals surface area contributed by atoms with Crippen LogP contribution in [0.1, 0.15) is 41.2 Å². The van der Waals surface area contributed by atoms with Crippen LogP contribution in [0, 0.1) is 5.92 Å². The molecule has 0 saturated carbocycles. The normalized spacial score (nSPS) is 16.6. The molecule has 0 aromatic heterocycles. The molecule has 7 heteroatoms. The number of ether oxygens (including phenoxy) is 1. The lowest BCUT2D eigenvalue weighted by Crippen LogP contribution is -2.41. The molecule has 2 aromatic carbocycles. The van der Waals surface area contributed by atoms with Crippen molar-refractivity contribution in [3.05, 3.63) is 65.7 Å². The second kappa shape index (κ2) is 12.2. The van der Waals surface area contributed by atoms with Crippen LogP contribution in [0.4, 0.5) is 0 Å². The summed E-state index contributed by atoms with van der Waals surface area (Å²) >= 11 is 0. The third-order valence-electron chi connectivity index (χ3n) is 5.27. The summed E-state index contributed by atoms with van der Waals surface area (Å²) in [5.41, 5.74) is 1.24. The van der Waals surface area contributed by atoms with Gasteiger partial charge in [0.25, 0.3) is 5.91 Å². The van der Waals surface area contributed by atoms with E-state index >= 15 is 0 Å². The minimum atomic E-state index is -0.740. The topological polar surface area (TPSA) is 79.5 Å². The van der Waals surface area contributed by atoms with Gasteiger partial charge in [-0.3, -0.25) is 9.59 Å². The number of carbonyl (C=O) groups is 2. The highest BCUT2D eigenvalue weighted by Crippen LogP contribution is 2.17. The highest BCUT2D eigenvalue weighted by Gasteiger charge is 2.23. The first-order chi connectivity index (χ1) is 14.2. The van der Waals surface area contributed by atoms with Gasteiger partial charge in [0, 0.05) is 12.1 Å². The predicted octanol–water partition coefficient (Wildman–Crippen LogP) is 3.09. The van der Waals surface area contributed by atoms with Crippen LogP contribution < -0.4 is 20.7 Å².